The van der Waals surface area contributed by atoms with E-state index >= 15 is 0 Å². The van der Waals surface area contributed by atoms with Gasteiger partial charge >= 0.3 is 0 Å². The molecule has 3 atom stereocenters. The predicted octanol–water partition coefficient (Wildman–Crippen LogP) is 0.467. The number of nitrogens with zero attached hydrogens (tertiary/aromatic N) is 2. The maximum absolute atomic E-state index is 14.5. The van der Waals surface area contributed by atoms with E-state index in [2.05, 4.69) is 15.6 Å². The zero-order chi connectivity index (χ0) is 27.1. The van der Waals surface area contributed by atoms with Crippen molar-refractivity contribution in [2.24, 2.45) is 0 Å². The van der Waals surface area contributed by atoms with E-state index in [9.17, 15) is 19.1 Å². The summed E-state index contributed by atoms with van der Waals surface area (Å²) in [5, 5.41) is 17.1. The minimum absolute atomic E-state index is 0.104. The molecule has 1 fully saturated rings. The number of pyridine rings is 1. The molecule has 2 heterocycles. The highest BCUT2D eigenvalue weighted by Crippen LogP contribution is 2.21. The molecule has 3 N–H and O–H groups in total. The number of hydrogen-bond donors (Lipinski definition) is 3. The molecule has 3 aromatic rings. The standard InChI is InChI=1S/C28H32BFN4O4/c1-18(35)33-25(27(36)26-28(37)34(10-9-32-26)16-19-5-3-2-4-6-19)13-20-11-22(30)14-23(12-20)38-17-21-7-8-31-15-24(21)29/h2-8,11-12,14-15,25-27,32,36H,9-10,13,16-17,29H2,1H3,(H,33,35)/t25-,26-,27-/m0/s1. The number of ether oxygens (including phenoxy) is 1. The van der Waals surface area contributed by atoms with Gasteiger partial charge in [-0.2, -0.15) is 0 Å². The maximum atomic E-state index is 14.5. The van der Waals surface area contributed by atoms with E-state index in [1.54, 1.807) is 23.4 Å². The molecule has 4 rings (SSSR count). The first-order chi connectivity index (χ1) is 18.3. The molecule has 2 amide bonds. The molecule has 1 aliphatic heterocycles. The lowest BCUT2D eigenvalue weighted by Gasteiger charge is -2.38. The second kappa shape index (κ2) is 12.7. The molecule has 10 heteroatoms. The number of aromatic nitrogens is 1. The molecule has 198 valence electrons. The lowest BCUT2D eigenvalue weighted by atomic mass is 9.93. The first kappa shape index (κ1) is 27.3. The summed E-state index contributed by atoms with van der Waals surface area (Å²) < 4.78 is 20.3. The van der Waals surface area contributed by atoms with Crippen molar-refractivity contribution < 1.29 is 23.8 Å². The fourth-order valence-electron chi connectivity index (χ4n) is 4.63. The number of amides is 2. The van der Waals surface area contributed by atoms with Crippen molar-refractivity contribution in [2.45, 2.75) is 44.7 Å². The van der Waals surface area contributed by atoms with Crippen molar-refractivity contribution >= 4 is 25.1 Å². The Morgan fingerprint density at radius 3 is 2.79 bits per heavy atom. The van der Waals surface area contributed by atoms with Gasteiger partial charge in [0.05, 0.1) is 12.1 Å². The number of carbonyl (C=O) groups excluding carboxylic acids is 2. The topological polar surface area (TPSA) is 104 Å². The second-order valence-electron chi connectivity index (χ2n) is 9.56. The number of nitrogens with one attached hydrogen (secondary N) is 2. The molecule has 1 aromatic heterocycles. The van der Waals surface area contributed by atoms with Crippen molar-refractivity contribution in [3.63, 3.8) is 0 Å². The molecule has 0 aliphatic carbocycles. The van der Waals surface area contributed by atoms with Crippen LogP contribution in [0.25, 0.3) is 0 Å². The Balaban J connectivity index is 1.48. The number of aliphatic hydroxyl groups is 1. The van der Waals surface area contributed by atoms with Crippen molar-refractivity contribution in [3.05, 3.63) is 89.5 Å². The summed E-state index contributed by atoms with van der Waals surface area (Å²) in [4.78, 5) is 31.0. The molecule has 8 nitrogen and oxygen atoms in total. The minimum Gasteiger partial charge on any atom is -0.489 e. The predicted molar refractivity (Wildman–Crippen MR) is 144 cm³/mol. The van der Waals surface area contributed by atoms with Crippen LogP contribution < -0.4 is 20.8 Å². The zero-order valence-electron chi connectivity index (χ0n) is 21.6. The van der Waals surface area contributed by atoms with Gasteiger partial charge in [-0.15, -0.1) is 0 Å². The number of rotatable bonds is 10. The summed E-state index contributed by atoms with van der Waals surface area (Å²) in [5.41, 5.74) is 3.40. The van der Waals surface area contributed by atoms with Gasteiger partial charge < -0.3 is 25.4 Å². The SMILES string of the molecule is Bc1cnccc1COc1cc(F)cc(C[C@H](NC(C)=O)[C@H](O)[C@@H]2NCCN(Cc3ccccc3)C2=O)c1. The van der Waals surface area contributed by atoms with E-state index in [0.717, 1.165) is 16.6 Å². The smallest absolute Gasteiger partial charge is 0.242 e. The highest BCUT2D eigenvalue weighted by Gasteiger charge is 2.38. The van der Waals surface area contributed by atoms with Gasteiger partial charge in [-0.1, -0.05) is 35.8 Å². The van der Waals surface area contributed by atoms with Gasteiger partial charge in [0, 0.05) is 45.0 Å². The van der Waals surface area contributed by atoms with E-state index in [1.165, 1.54) is 19.1 Å². The Morgan fingerprint density at radius 2 is 2.05 bits per heavy atom. The van der Waals surface area contributed by atoms with Crippen LogP contribution in [0.1, 0.15) is 23.6 Å². The summed E-state index contributed by atoms with van der Waals surface area (Å²) in [6, 6.07) is 14.0. The first-order valence-electron chi connectivity index (χ1n) is 12.6. The van der Waals surface area contributed by atoms with Crippen LogP contribution in [-0.2, 0) is 29.2 Å². The van der Waals surface area contributed by atoms with Crippen LogP contribution in [0.5, 0.6) is 5.75 Å². The van der Waals surface area contributed by atoms with Crippen LogP contribution in [0.3, 0.4) is 0 Å². The Kier molecular flexibility index (Phi) is 9.09. The molecule has 2 aromatic carbocycles. The molecule has 0 unspecified atom stereocenters. The Morgan fingerprint density at radius 1 is 1.26 bits per heavy atom. The third kappa shape index (κ3) is 7.17. The van der Waals surface area contributed by atoms with E-state index < -0.39 is 24.0 Å². The second-order valence-corrected chi connectivity index (χ2v) is 9.56. The van der Waals surface area contributed by atoms with Crippen LogP contribution in [0.15, 0.2) is 67.0 Å². The van der Waals surface area contributed by atoms with Gasteiger partial charge in [0.2, 0.25) is 11.8 Å². The number of carbonyl (C=O) groups is 2. The normalized spacial score (nSPS) is 17.1. The zero-order valence-corrected chi connectivity index (χ0v) is 21.6. The van der Waals surface area contributed by atoms with Gasteiger partial charge in [0.15, 0.2) is 0 Å². The lowest BCUT2D eigenvalue weighted by molar-refractivity contribution is -0.141. The molecule has 38 heavy (non-hydrogen) atoms. The molecular weight excluding hydrogens is 486 g/mol. The van der Waals surface area contributed by atoms with Crippen molar-refractivity contribution in [2.75, 3.05) is 13.1 Å². The number of hydrogen-bond acceptors (Lipinski definition) is 6. The van der Waals surface area contributed by atoms with Crippen LogP contribution in [0.2, 0.25) is 0 Å². The number of halogens is 1. The lowest BCUT2D eigenvalue weighted by Crippen LogP contribution is -2.63. The number of aliphatic hydroxyl groups excluding tert-OH is 1. The van der Waals surface area contributed by atoms with Crippen LogP contribution in [0.4, 0.5) is 4.39 Å². The summed E-state index contributed by atoms with van der Waals surface area (Å²) in [5.74, 6) is -0.785. The van der Waals surface area contributed by atoms with Crippen LogP contribution in [0, 0.1) is 5.82 Å². The fraction of sp³-hybridized carbons (Fsp3) is 0.321. The van der Waals surface area contributed by atoms with E-state index in [4.69, 9.17) is 4.74 Å². The quantitative estimate of drug-likeness (QED) is 0.337. The average Bonchev–Trinajstić information content (AvgIpc) is 2.89. The largest absolute Gasteiger partial charge is 0.489 e. The van der Waals surface area contributed by atoms with Gasteiger partial charge in [0.1, 0.15) is 32.1 Å². The van der Waals surface area contributed by atoms with Crippen molar-refractivity contribution in [1.82, 2.24) is 20.5 Å². The monoisotopic (exact) mass is 518 g/mol. The van der Waals surface area contributed by atoms with Crippen LogP contribution in [-0.4, -0.2) is 65.9 Å². The highest BCUT2D eigenvalue weighted by molar-refractivity contribution is 6.33. The number of piperazine rings is 1. The van der Waals surface area contributed by atoms with Gasteiger partial charge in [-0.25, -0.2) is 4.39 Å². The maximum Gasteiger partial charge on any atom is 0.242 e. The molecule has 0 bridgehead atoms. The van der Waals surface area contributed by atoms with Gasteiger partial charge in [0.25, 0.3) is 0 Å². The molecular formula is C28H32BFN4O4. The first-order valence-corrected chi connectivity index (χ1v) is 12.6. The van der Waals surface area contributed by atoms with Crippen molar-refractivity contribution in [1.29, 1.82) is 0 Å². The highest BCUT2D eigenvalue weighted by atomic mass is 19.1. The molecule has 1 saturated heterocycles. The van der Waals surface area contributed by atoms with E-state index in [1.807, 2.05) is 44.2 Å². The Hall–Kier alpha value is -3.76. The molecule has 0 spiro atoms. The Bertz CT molecular complexity index is 1260. The van der Waals surface area contributed by atoms with Crippen molar-refractivity contribution in [3.8, 4) is 5.75 Å². The molecule has 0 radical (unpaired) electrons. The van der Waals surface area contributed by atoms with E-state index in [0.29, 0.717) is 30.9 Å². The van der Waals surface area contributed by atoms with Gasteiger partial charge in [-0.3, -0.25) is 14.6 Å². The summed E-state index contributed by atoms with van der Waals surface area (Å²) in [7, 11) is 1.92. The summed E-state index contributed by atoms with van der Waals surface area (Å²) in [6.45, 7) is 3.02. The minimum atomic E-state index is -1.24. The third-order valence-corrected chi connectivity index (χ3v) is 6.60. The average molecular weight is 518 g/mol. The van der Waals surface area contributed by atoms with Crippen LogP contribution >= 0.6 is 0 Å². The fourth-order valence-corrected chi connectivity index (χ4v) is 4.63. The molecule has 0 saturated carbocycles. The Labute approximate surface area is 222 Å². The summed E-state index contributed by atoms with van der Waals surface area (Å²) in [6.07, 6.45) is 2.27. The summed E-state index contributed by atoms with van der Waals surface area (Å²) >= 11 is 0. The molecule has 1 aliphatic rings. The third-order valence-electron chi connectivity index (χ3n) is 6.60. The van der Waals surface area contributed by atoms with E-state index in [-0.39, 0.29) is 24.8 Å². The number of benzene rings is 2. The van der Waals surface area contributed by atoms with Gasteiger partial charge in [-0.05, 0) is 41.3 Å².